The van der Waals surface area contributed by atoms with Gasteiger partial charge in [0.25, 0.3) is 5.91 Å². The Labute approximate surface area is 154 Å². The highest BCUT2D eigenvalue weighted by atomic mass is 35.5. The first-order chi connectivity index (χ1) is 12.5. The zero-order valence-electron chi connectivity index (χ0n) is 13.8. The number of aromatic hydroxyl groups is 1. The van der Waals surface area contributed by atoms with Crippen LogP contribution in [0.4, 0.5) is 0 Å². The van der Waals surface area contributed by atoms with Crippen LogP contribution in [-0.4, -0.2) is 47.1 Å². The van der Waals surface area contributed by atoms with Crippen LogP contribution in [-0.2, 0) is 9.53 Å². The van der Waals surface area contributed by atoms with Gasteiger partial charge < -0.3 is 24.3 Å². The highest BCUT2D eigenvalue weighted by Crippen LogP contribution is 2.40. The number of amides is 1. The van der Waals surface area contributed by atoms with Crippen molar-refractivity contribution < 1.29 is 29.0 Å². The van der Waals surface area contributed by atoms with Crippen molar-refractivity contribution in [1.82, 2.24) is 4.90 Å². The number of ketones is 1. The highest BCUT2D eigenvalue weighted by Gasteiger charge is 2.44. The Bertz CT molecular complexity index is 874. The average Bonchev–Trinajstić information content (AvgIpc) is 3.24. The normalized spacial score (nSPS) is 17.2. The first kappa shape index (κ1) is 18.0. The van der Waals surface area contributed by atoms with E-state index in [9.17, 15) is 19.8 Å². The van der Waals surface area contributed by atoms with Gasteiger partial charge in [-0.15, -0.1) is 0 Å². The minimum atomic E-state index is -0.881. The summed E-state index contributed by atoms with van der Waals surface area (Å²) in [5.41, 5.74) is 0.360. The first-order valence-corrected chi connectivity index (χ1v) is 8.13. The standard InChI is InChI=1S/C18H16ClNO6/c1-25-8-6-20-15(10-4-5-12(21)11(19)9-10)14(17(23)18(20)24)16(22)13-3-2-7-26-13/h2-5,7,9,15,21,23H,6,8H2,1H3. The van der Waals surface area contributed by atoms with Crippen LogP contribution in [0, 0.1) is 0 Å². The third-order valence-corrected chi connectivity index (χ3v) is 4.42. The van der Waals surface area contributed by atoms with Gasteiger partial charge in [-0.2, -0.15) is 0 Å². The van der Waals surface area contributed by atoms with Crippen LogP contribution >= 0.6 is 11.6 Å². The summed E-state index contributed by atoms with van der Waals surface area (Å²) in [4.78, 5) is 26.7. The van der Waals surface area contributed by atoms with Crippen molar-refractivity contribution in [2.75, 3.05) is 20.3 Å². The maximum atomic E-state index is 12.8. The van der Waals surface area contributed by atoms with E-state index in [0.29, 0.717) is 5.56 Å². The number of nitrogens with zero attached hydrogens (tertiary/aromatic N) is 1. The molecule has 2 heterocycles. The second kappa shape index (κ2) is 7.23. The van der Waals surface area contributed by atoms with Crippen LogP contribution in [0.5, 0.6) is 5.75 Å². The second-order valence-corrected chi connectivity index (χ2v) is 6.08. The number of phenolic OH excluding ortho intramolecular Hbond substituents is 1. The number of Topliss-reactive ketones (excluding diaryl/α,β-unsaturated/α-hetero) is 1. The van der Waals surface area contributed by atoms with Crippen LogP contribution in [0.25, 0.3) is 0 Å². The van der Waals surface area contributed by atoms with Crippen molar-refractivity contribution in [3.63, 3.8) is 0 Å². The molecule has 0 bridgehead atoms. The molecule has 0 saturated heterocycles. The smallest absolute Gasteiger partial charge is 0.290 e. The van der Waals surface area contributed by atoms with Gasteiger partial charge in [-0.05, 0) is 29.8 Å². The van der Waals surface area contributed by atoms with Crippen molar-refractivity contribution in [3.8, 4) is 5.75 Å². The molecule has 1 aliphatic heterocycles. The van der Waals surface area contributed by atoms with Crippen LogP contribution in [0.2, 0.25) is 5.02 Å². The van der Waals surface area contributed by atoms with Crippen molar-refractivity contribution in [2.24, 2.45) is 0 Å². The Morgan fingerprint density at radius 3 is 2.73 bits per heavy atom. The lowest BCUT2D eigenvalue weighted by Gasteiger charge is -2.26. The van der Waals surface area contributed by atoms with E-state index in [1.165, 1.54) is 48.6 Å². The topological polar surface area (TPSA) is 100 Å². The van der Waals surface area contributed by atoms with Gasteiger partial charge in [-0.3, -0.25) is 9.59 Å². The van der Waals surface area contributed by atoms with E-state index < -0.39 is 23.5 Å². The maximum Gasteiger partial charge on any atom is 0.290 e. The van der Waals surface area contributed by atoms with Crippen LogP contribution in [0.1, 0.15) is 22.2 Å². The van der Waals surface area contributed by atoms with Gasteiger partial charge in [-0.1, -0.05) is 17.7 Å². The molecule has 3 rings (SSSR count). The molecule has 0 radical (unpaired) electrons. The molecule has 136 valence electrons. The number of methoxy groups -OCH3 is 1. The Morgan fingerprint density at radius 1 is 1.35 bits per heavy atom. The van der Waals surface area contributed by atoms with Gasteiger partial charge in [0.2, 0.25) is 5.78 Å². The van der Waals surface area contributed by atoms with Crippen molar-refractivity contribution >= 4 is 23.3 Å². The lowest BCUT2D eigenvalue weighted by Crippen LogP contribution is -2.34. The predicted octanol–water partition coefficient (Wildman–Crippen LogP) is 2.86. The molecule has 0 aliphatic carbocycles. The number of halogens is 1. The summed E-state index contributed by atoms with van der Waals surface area (Å²) < 4.78 is 10.1. The van der Waals surface area contributed by atoms with E-state index in [4.69, 9.17) is 20.8 Å². The number of phenols is 1. The van der Waals surface area contributed by atoms with E-state index in [2.05, 4.69) is 0 Å². The van der Waals surface area contributed by atoms with Gasteiger partial charge in [0.1, 0.15) is 5.75 Å². The lowest BCUT2D eigenvalue weighted by atomic mass is 9.95. The van der Waals surface area contributed by atoms with Crippen molar-refractivity contribution in [1.29, 1.82) is 0 Å². The average molecular weight is 378 g/mol. The number of furan rings is 1. The Balaban J connectivity index is 2.10. The van der Waals surface area contributed by atoms with Crippen LogP contribution < -0.4 is 0 Å². The van der Waals surface area contributed by atoms with Gasteiger partial charge in [0, 0.05) is 13.7 Å². The summed E-state index contributed by atoms with van der Waals surface area (Å²) >= 11 is 5.98. The number of carbonyl (C=O) groups is 2. The van der Waals surface area contributed by atoms with Crippen molar-refractivity contribution in [3.05, 3.63) is 64.3 Å². The minimum absolute atomic E-state index is 0.00261. The molecular formula is C18H16ClNO6. The van der Waals surface area contributed by atoms with E-state index >= 15 is 0 Å². The molecule has 1 aromatic heterocycles. The van der Waals surface area contributed by atoms with E-state index in [1.54, 1.807) is 0 Å². The van der Waals surface area contributed by atoms with Gasteiger partial charge in [0.05, 0.1) is 29.5 Å². The quantitative estimate of drug-likeness (QED) is 0.751. The summed E-state index contributed by atoms with van der Waals surface area (Å²) in [6.07, 6.45) is 1.33. The molecule has 1 aromatic carbocycles. The molecule has 1 unspecified atom stereocenters. The molecule has 0 saturated carbocycles. The van der Waals surface area contributed by atoms with Gasteiger partial charge in [0.15, 0.2) is 11.5 Å². The Morgan fingerprint density at radius 2 is 2.12 bits per heavy atom. The van der Waals surface area contributed by atoms with Gasteiger partial charge >= 0.3 is 0 Å². The number of benzene rings is 1. The SMILES string of the molecule is COCCN1C(=O)C(O)=C(C(=O)c2ccco2)C1c1ccc(O)c(Cl)c1. The third-order valence-electron chi connectivity index (χ3n) is 4.12. The fraction of sp³-hybridized carbons (Fsp3) is 0.222. The molecular weight excluding hydrogens is 362 g/mol. The molecule has 8 heteroatoms. The van der Waals surface area contributed by atoms with Crippen LogP contribution in [0.3, 0.4) is 0 Å². The molecule has 1 atom stereocenters. The van der Waals surface area contributed by atoms with Crippen molar-refractivity contribution in [2.45, 2.75) is 6.04 Å². The molecule has 2 aromatic rings. The molecule has 26 heavy (non-hydrogen) atoms. The zero-order chi connectivity index (χ0) is 18.8. The molecule has 2 N–H and O–H groups in total. The number of hydrogen-bond acceptors (Lipinski definition) is 6. The molecule has 0 spiro atoms. The number of ether oxygens (including phenoxy) is 1. The molecule has 0 fully saturated rings. The van der Waals surface area contributed by atoms with E-state index in [0.717, 1.165) is 0 Å². The van der Waals surface area contributed by atoms with E-state index in [-0.39, 0.29) is 35.3 Å². The fourth-order valence-electron chi connectivity index (χ4n) is 2.89. The number of hydrogen-bond donors (Lipinski definition) is 2. The van der Waals surface area contributed by atoms with Crippen LogP contribution in [0.15, 0.2) is 52.3 Å². The molecule has 1 amide bonds. The zero-order valence-corrected chi connectivity index (χ0v) is 14.6. The number of carbonyl (C=O) groups excluding carboxylic acids is 2. The third kappa shape index (κ3) is 3.07. The number of aliphatic hydroxyl groups is 1. The highest BCUT2D eigenvalue weighted by molar-refractivity contribution is 6.32. The molecule has 1 aliphatic rings. The number of aliphatic hydroxyl groups excluding tert-OH is 1. The summed E-state index contributed by atoms with van der Waals surface area (Å²) in [5, 5.41) is 20.1. The summed E-state index contributed by atoms with van der Waals surface area (Å²) in [5.74, 6) is -2.06. The lowest BCUT2D eigenvalue weighted by molar-refractivity contribution is -0.130. The maximum absolute atomic E-state index is 12.8. The summed E-state index contributed by atoms with van der Waals surface area (Å²) in [6.45, 7) is 0.362. The minimum Gasteiger partial charge on any atom is -0.506 e. The fourth-order valence-corrected chi connectivity index (χ4v) is 3.08. The largest absolute Gasteiger partial charge is 0.506 e. The Kier molecular flexibility index (Phi) is 5.01. The predicted molar refractivity (Wildman–Crippen MR) is 92.1 cm³/mol. The number of rotatable bonds is 6. The van der Waals surface area contributed by atoms with Gasteiger partial charge in [-0.25, -0.2) is 0 Å². The first-order valence-electron chi connectivity index (χ1n) is 7.75. The second-order valence-electron chi connectivity index (χ2n) is 5.67. The molecule has 7 nitrogen and oxygen atoms in total. The Hall–Kier alpha value is -2.77. The summed E-state index contributed by atoms with van der Waals surface area (Å²) in [6, 6.07) is 6.45. The summed E-state index contributed by atoms with van der Waals surface area (Å²) in [7, 11) is 1.48. The van der Waals surface area contributed by atoms with E-state index in [1.807, 2.05) is 0 Å². The monoisotopic (exact) mass is 377 g/mol.